The highest BCUT2D eigenvalue weighted by molar-refractivity contribution is 6.12. The molecule has 316 valence electrons. The van der Waals surface area contributed by atoms with Crippen LogP contribution in [-0.4, -0.2) is 40.5 Å². The molecule has 0 fully saturated rings. The van der Waals surface area contributed by atoms with Crippen molar-refractivity contribution in [2.45, 2.75) is 39.1 Å². The zero-order chi connectivity index (χ0) is 44.0. The average molecular weight is 842 g/mol. The SMILES string of the molecule is COC(=O)[C@H](Cc1ccc(OCc2nc3ccc(Oc4cc(C)c(NC(=O)Nc5ccc(C(F)(F)F)cc5)c(C)c4)cc3n2C)cc1)Nc1ccccc1C(=O)c1ccccc1. The Morgan fingerprint density at radius 1 is 0.758 bits per heavy atom. The summed E-state index contributed by atoms with van der Waals surface area (Å²) in [4.78, 5) is 43.7. The van der Waals surface area contributed by atoms with Gasteiger partial charge < -0.3 is 34.7 Å². The summed E-state index contributed by atoms with van der Waals surface area (Å²) in [6.07, 6.45) is -4.18. The van der Waals surface area contributed by atoms with Gasteiger partial charge >= 0.3 is 18.2 Å². The number of aryl methyl sites for hydroxylation is 3. The Morgan fingerprint density at radius 3 is 2.10 bits per heavy atom. The Labute approximate surface area is 355 Å². The smallest absolute Gasteiger partial charge is 0.416 e. The Kier molecular flexibility index (Phi) is 12.6. The molecule has 3 N–H and O–H groups in total. The number of nitrogens with one attached hydrogen (secondary N) is 3. The second-order valence-corrected chi connectivity index (χ2v) is 14.5. The van der Waals surface area contributed by atoms with Crippen molar-refractivity contribution in [1.29, 1.82) is 0 Å². The van der Waals surface area contributed by atoms with Gasteiger partial charge in [0.1, 0.15) is 35.7 Å². The highest BCUT2D eigenvalue weighted by Crippen LogP contribution is 2.33. The van der Waals surface area contributed by atoms with Gasteiger partial charge in [-0.2, -0.15) is 13.2 Å². The van der Waals surface area contributed by atoms with Crippen molar-refractivity contribution in [3.05, 3.63) is 173 Å². The molecule has 0 radical (unpaired) electrons. The summed E-state index contributed by atoms with van der Waals surface area (Å²) in [5, 5.41) is 8.57. The Bertz CT molecular complexity index is 2710. The molecule has 11 nitrogen and oxygen atoms in total. The molecule has 0 bridgehead atoms. The fraction of sp³-hybridized carbons (Fsp3) is 0.167. The molecule has 2 amide bonds. The number of benzene rings is 6. The Hall–Kier alpha value is -7.61. The lowest BCUT2D eigenvalue weighted by Crippen LogP contribution is -2.33. The number of hydrogen-bond donors (Lipinski definition) is 3. The molecule has 7 aromatic rings. The molecule has 7 rings (SSSR count). The number of halogens is 3. The van der Waals surface area contributed by atoms with E-state index >= 15 is 0 Å². The first-order valence-corrected chi connectivity index (χ1v) is 19.5. The molecule has 0 saturated carbocycles. The number of ketones is 1. The number of rotatable bonds is 14. The van der Waals surface area contributed by atoms with E-state index in [1.165, 1.54) is 19.2 Å². The van der Waals surface area contributed by atoms with Gasteiger partial charge in [-0.1, -0.05) is 54.6 Å². The molecule has 1 aromatic heterocycles. The van der Waals surface area contributed by atoms with E-state index < -0.39 is 29.8 Å². The number of esters is 1. The molecule has 62 heavy (non-hydrogen) atoms. The van der Waals surface area contributed by atoms with Crippen LogP contribution in [0.2, 0.25) is 0 Å². The number of carbonyl (C=O) groups is 3. The van der Waals surface area contributed by atoms with E-state index in [9.17, 15) is 27.6 Å². The minimum absolute atomic E-state index is 0.161. The van der Waals surface area contributed by atoms with Crippen molar-refractivity contribution in [2.75, 3.05) is 23.1 Å². The summed E-state index contributed by atoms with van der Waals surface area (Å²) in [6, 6.07) is 35.3. The third kappa shape index (κ3) is 10.0. The number of anilines is 3. The first-order valence-electron chi connectivity index (χ1n) is 19.5. The number of alkyl halides is 3. The van der Waals surface area contributed by atoms with Crippen molar-refractivity contribution < 1.29 is 41.8 Å². The van der Waals surface area contributed by atoms with Gasteiger partial charge in [-0.25, -0.2) is 14.6 Å². The monoisotopic (exact) mass is 841 g/mol. The summed E-state index contributed by atoms with van der Waals surface area (Å²) in [7, 11) is 3.21. The number of carbonyl (C=O) groups excluding carboxylic acids is 3. The zero-order valence-electron chi connectivity index (χ0n) is 34.2. The molecule has 0 aliphatic rings. The predicted molar refractivity (Wildman–Crippen MR) is 231 cm³/mol. The number of aromatic nitrogens is 2. The van der Waals surface area contributed by atoms with Crippen molar-refractivity contribution in [3.63, 3.8) is 0 Å². The number of nitrogens with zero attached hydrogens (tertiary/aromatic N) is 2. The summed E-state index contributed by atoms with van der Waals surface area (Å²) in [5.74, 6) is 1.76. The summed E-state index contributed by atoms with van der Waals surface area (Å²) in [5.41, 5.74) is 5.31. The van der Waals surface area contributed by atoms with Crippen LogP contribution in [0.25, 0.3) is 11.0 Å². The maximum Gasteiger partial charge on any atom is 0.416 e. The number of ether oxygens (including phenoxy) is 3. The molecule has 0 unspecified atom stereocenters. The molecule has 0 aliphatic heterocycles. The fourth-order valence-electron chi connectivity index (χ4n) is 6.93. The number of para-hydroxylation sites is 1. The lowest BCUT2D eigenvalue weighted by atomic mass is 10.00. The van der Waals surface area contributed by atoms with Gasteiger partial charge in [0.25, 0.3) is 0 Å². The second-order valence-electron chi connectivity index (χ2n) is 14.5. The maximum absolute atomic E-state index is 13.3. The first kappa shape index (κ1) is 42.5. The third-order valence-corrected chi connectivity index (χ3v) is 10.1. The van der Waals surface area contributed by atoms with Crippen LogP contribution in [0.5, 0.6) is 17.2 Å². The number of amides is 2. The number of urea groups is 1. The molecule has 1 heterocycles. The van der Waals surface area contributed by atoms with Gasteiger partial charge in [0.2, 0.25) is 0 Å². The lowest BCUT2D eigenvalue weighted by molar-refractivity contribution is -0.141. The van der Waals surface area contributed by atoms with Crippen LogP contribution in [0.3, 0.4) is 0 Å². The van der Waals surface area contributed by atoms with Crippen molar-refractivity contribution in [3.8, 4) is 17.2 Å². The minimum atomic E-state index is -4.47. The summed E-state index contributed by atoms with van der Waals surface area (Å²) in [6.45, 7) is 3.80. The largest absolute Gasteiger partial charge is 0.486 e. The molecule has 0 saturated heterocycles. The van der Waals surface area contributed by atoms with Crippen LogP contribution >= 0.6 is 0 Å². The molecule has 1 atom stereocenters. The average Bonchev–Trinajstić information content (AvgIpc) is 3.58. The third-order valence-electron chi connectivity index (χ3n) is 10.1. The Balaban J connectivity index is 0.963. The van der Waals surface area contributed by atoms with E-state index in [0.717, 1.165) is 39.9 Å². The fourth-order valence-corrected chi connectivity index (χ4v) is 6.93. The molecule has 0 spiro atoms. The summed E-state index contributed by atoms with van der Waals surface area (Å²) >= 11 is 0. The Morgan fingerprint density at radius 2 is 1.42 bits per heavy atom. The van der Waals surface area contributed by atoms with E-state index in [-0.39, 0.29) is 18.1 Å². The van der Waals surface area contributed by atoms with Gasteiger partial charge in [-0.3, -0.25) is 4.79 Å². The van der Waals surface area contributed by atoms with E-state index in [1.54, 1.807) is 60.7 Å². The normalized spacial score (nSPS) is 11.7. The molecular weight excluding hydrogens is 800 g/mol. The maximum atomic E-state index is 13.3. The van der Waals surface area contributed by atoms with Crippen molar-refractivity contribution >= 4 is 45.9 Å². The molecular formula is C48H42F3N5O6. The van der Waals surface area contributed by atoms with E-state index in [1.807, 2.05) is 74.0 Å². The first-order chi connectivity index (χ1) is 29.7. The van der Waals surface area contributed by atoms with Crippen LogP contribution < -0.4 is 25.4 Å². The standard InChI is InChI=1S/C48H42F3N5O6/c1-29-24-37(25-30(2)44(29)55-47(59)52-34-18-16-33(17-19-34)48(49,50)51)62-36-22-23-40-42(27-36)56(3)43(54-40)28-61-35-20-14-31(15-21-35)26-41(46(58)60-4)53-39-13-9-8-12-38(39)45(57)32-10-6-5-7-11-32/h5-25,27,41,53H,26,28H2,1-4H3,(H2,52,55,59)/t41-/m0/s1. The highest BCUT2D eigenvalue weighted by atomic mass is 19.4. The van der Waals surface area contributed by atoms with Gasteiger partial charge in [0.05, 0.1) is 23.7 Å². The van der Waals surface area contributed by atoms with E-state index in [2.05, 4.69) is 16.0 Å². The van der Waals surface area contributed by atoms with Crippen LogP contribution in [0.4, 0.5) is 35.0 Å². The van der Waals surface area contributed by atoms with Crippen LogP contribution in [-0.2, 0) is 35.8 Å². The van der Waals surface area contributed by atoms with Gasteiger partial charge in [-0.15, -0.1) is 0 Å². The molecule has 0 aliphatic carbocycles. The highest BCUT2D eigenvalue weighted by Gasteiger charge is 2.30. The lowest BCUT2D eigenvalue weighted by Gasteiger charge is -2.20. The van der Waals surface area contributed by atoms with E-state index in [0.29, 0.717) is 52.0 Å². The van der Waals surface area contributed by atoms with Crippen LogP contribution in [0.15, 0.2) is 133 Å². The molecule has 6 aromatic carbocycles. The van der Waals surface area contributed by atoms with Crippen molar-refractivity contribution in [1.82, 2.24) is 9.55 Å². The topological polar surface area (TPSA) is 133 Å². The number of imidazole rings is 1. The second kappa shape index (κ2) is 18.3. The quantitative estimate of drug-likeness (QED) is 0.0728. The predicted octanol–water partition coefficient (Wildman–Crippen LogP) is 10.7. The van der Waals surface area contributed by atoms with Gasteiger partial charge in [0, 0.05) is 47.7 Å². The van der Waals surface area contributed by atoms with Gasteiger partial charge in [-0.05, 0) is 103 Å². The van der Waals surface area contributed by atoms with Crippen molar-refractivity contribution in [2.24, 2.45) is 7.05 Å². The van der Waals surface area contributed by atoms with Crippen LogP contribution in [0.1, 0.15) is 44.0 Å². The zero-order valence-corrected chi connectivity index (χ0v) is 34.2. The number of methoxy groups -OCH3 is 1. The molecule has 14 heteroatoms. The number of hydrogen-bond acceptors (Lipinski definition) is 8. The van der Waals surface area contributed by atoms with Crippen LogP contribution in [0, 0.1) is 13.8 Å². The summed E-state index contributed by atoms with van der Waals surface area (Å²) < 4.78 is 58.1. The minimum Gasteiger partial charge on any atom is -0.486 e. The van der Waals surface area contributed by atoms with Gasteiger partial charge in [0.15, 0.2) is 5.78 Å². The number of fused-ring (bicyclic) bond motifs is 1. The van der Waals surface area contributed by atoms with E-state index in [4.69, 9.17) is 19.2 Å².